The van der Waals surface area contributed by atoms with E-state index in [1.165, 1.54) is 12.8 Å². The van der Waals surface area contributed by atoms with Crippen LogP contribution in [-0.2, 0) is 4.74 Å². The van der Waals surface area contributed by atoms with E-state index < -0.39 is 0 Å². The highest BCUT2D eigenvalue weighted by Gasteiger charge is 2.40. The van der Waals surface area contributed by atoms with Gasteiger partial charge in [0, 0.05) is 61.5 Å². The van der Waals surface area contributed by atoms with Crippen LogP contribution in [0.2, 0.25) is 0 Å². The minimum atomic E-state index is 0.368. The summed E-state index contributed by atoms with van der Waals surface area (Å²) in [5.74, 6) is 3.08. The summed E-state index contributed by atoms with van der Waals surface area (Å²) in [7, 11) is 0. The summed E-state index contributed by atoms with van der Waals surface area (Å²) in [4.78, 5) is 14.6. The number of nitrogens with one attached hydrogen (secondary N) is 3. The number of H-pyrrole nitrogens is 1. The molecule has 10 heteroatoms. The third-order valence-electron chi connectivity index (χ3n) is 7.08. The zero-order chi connectivity index (χ0) is 22.8. The van der Waals surface area contributed by atoms with Gasteiger partial charge in [-0.25, -0.2) is 0 Å². The molecule has 3 fully saturated rings. The van der Waals surface area contributed by atoms with Crippen molar-refractivity contribution in [2.75, 3.05) is 48.4 Å². The Morgan fingerprint density at radius 2 is 1.94 bits per heavy atom. The molecule has 2 bridgehead atoms. The Kier molecular flexibility index (Phi) is 6.33. The van der Waals surface area contributed by atoms with Gasteiger partial charge < -0.3 is 20.3 Å². The number of piperidine rings is 1. The maximum absolute atomic E-state index is 9.01. The summed E-state index contributed by atoms with van der Waals surface area (Å²) in [6, 6.07) is 5.73. The monoisotopic (exact) mass is 451 g/mol. The van der Waals surface area contributed by atoms with Crippen molar-refractivity contribution in [3.05, 3.63) is 17.3 Å². The molecule has 3 saturated heterocycles. The minimum Gasteiger partial charge on any atom is -0.378 e. The van der Waals surface area contributed by atoms with Gasteiger partial charge in [-0.3, -0.25) is 10.00 Å². The summed E-state index contributed by atoms with van der Waals surface area (Å²) in [6.45, 7) is 8.02. The number of morpholine rings is 1. The number of aryl methyl sites for hydroxylation is 1. The first-order valence-corrected chi connectivity index (χ1v) is 12.0. The van der Waals surface area contributed by atoms with Gasteiger partial charge in [0.05, 0.1) is 19.3 Å². The maximum atomic E-state index is 9.01. The van der Waals surface area contributed by atoms with Crippen LogP contribution in [0.25, 0.3) is 0 Å². The van der Waals surface area contributed by atoms with Crippen LogP contribution in [0.15, 0.2) is 6.07 Å². The number of hydrogen-bond donors (Lipinski definition) is 3. The van der Waals surface area contributed by atoms with Crippen molar-refractivity contribution in [3.63, 3.8) is 0 Å². The van der Waals surface area contributed by atoms with Crippen LogP contribution in [0.3, 0.4) is 0 Å². The average Bonchev–Trinajstić information content (AvgIpc) is 3.33. The van der Waals surface area contributed by atoms with Crippen molar-refractivity contribution in [1.82, 2.24) is 25.1 Å². The van der Waals surface area contributed by atoms with Gasteiger partial charge in [-0.05, 0) is 39.5 Å². The van der Waals surface area contributed by atoms with Gasteiger partial charge in [0.25, 0.3) is 0 Å². The first-order chi connectivity index (χ1) is 16.1. The number of ether oxygens (including phenoxy) is 1. The van der Waals surface area contributed by atoms with Gasteiger partial charge >= 0.3 is 0 Å². The Hall–Kier alpha value is -2.90. The maximum Gasteiger partial charge on any atom is 0.232 e. The van der Waals surface area contributed by atoms with Crippen molar-refractivity contribution >= 4 is 23.4 Å². The number of nitrogens with zero attached hydrogens (tertiary/aromatic N) is 6. The van der Waals surface area contributed by atoms with Crippen molar-refractivity contribution in [2.24, 2.45) is 0 Å². The topological polar surface area (TPSA) is 118 Å². The van der Waals surface area contributed by atoms with E-state index in [1.807, 2.05) is 13.0 Å². The van der Waals surface area contributed by atoms with Crippen LogP contribution >= 0.6 is 0 Å². The van der Waals surface area contributed by atoms with Crippen LogP contribution < -0.4 is 15.5 Å². The zero-order valence-corrected chi connectivity index (χ0v) is 19.5. The fraction of sp³-hybridized carbons (Fsp3) is 0.652. The molecule has 3 aliphatic heterocycles. The Bertz CT molecular complexity index is 996. The second-order valence-corrected chi connectivity index (χ2v) is 9.35. The van der Waals surface area contributed by atoms with Crippen molar-refractivity contribution in [3.8, 4) is 6.07 Å². The van der Waals surface area contributed by atoms with Crippen LogP contribution in [0.1, 0.15) is 43.4 Å². The quantitative estimate of drug-likeness (QED) is 0.584. The predicted octanol–water partition coefficient (Wildman–Crippen LogP) is 2.72. The second kappa shape index (κ2) is 9.53. The molecule has 3 atom stereocenters. The average molecular weight is 452 g/mol. The van der Waals surface area contributed by atoms with E-state index in [0.29, 0.717) is 49.5 Å². The number of hydrogen-bond acceptors (Lipinski definition) is 9. The summed E-state index contributed by atoms with van der Waals surface area (Å²) < 4.78 is 5.55. The molecule has 10 nitrogen and oxygen atoms in total. The smallest absolute Gasteiger partial charge is 0.232 e. The van der Waals surface area contributed by atoms with E-state index in [0.717, 1.165) is 55.4 Å². The molecule has 0 radical (unpaired) electrons. The van der Waals surface area contributed by atoms with Gasteiger partial charge in [-0.1, -0.05) is 0 Å². The molecular formula is C23H33N9O. The Morgan fingerprint density at radius 3 is 2.61 bits per heavy atom. The molecular weight excluding hydrogens is 418 g/mol. The molecule has 0 aromatic carbocycles. The van der Waals surface area contributed by atoms with Gasteiger partial charge in [0.15, 0.2) is 5.82 Å². The molecule has 0 amide bonds. The number of aromatic nitrogens is 4. The van der Waals surface area contributed by atoms with Crippen LogP contribution in [0.5, 0.6) is 0 Å². The summed E-state index contributed by atoms with van der Waals surface area (Å²) >= 11 is 0. The lowest BCUT2D eigenvalue weighted by atomic mass is 9.97. The van der Waals surface area contributed by atoms with Crippen molar-refractivity contribution in [2.45, 2.75) is 64.1 Å². The van der Waals surface area contributed by atoms with Crippen LogP contribution in [-0.4, -0.2) is 76.0 Å². The van der Waals surface area contributed by atoms with Crippen LogP contribution in [0, 0.1) is 25.2 Å². The molecule has 176 valence electrons. The van der Waals surface area contributed by atoms with E-state index in [4.69, 9.17) is 20.0 Å². The second-order valence-electron chi connectivity index (χ2n) is 9.35. The molecule has 5 heterocycles. The normalized spacial score (nSPS) is 25.1. The molecule has 0 saturated carbocycles. The molecule has 3 N–H and O–H groups in total. The molecule has 33 heavy (non-hydrogen) atoms. The van der Waals surface area contributed by atoms with E-state index in [-0.39, 0.29) is 0 Å². The zero-order valence-electron chi connectivity index (χ0n) is 19.5. The third-order valence-corrected chi connectivity index (χ3v) is 7.08. The fourth-order valence-electron chi connectivity index (χ4n) is 5.51. The van der Waals surface area contributed by atoms with Crippen molar-refractivity contribution in [1.29, 1.82) is 5.26 Å². The largest absolute Gasteiger partial charge is 0.378 e. The third kappa shape index (κ3) is 4.75. The Morgan fingerprint density at radius 1 is 1.18 bits per heavy atom. The molecule has 0 aliphatic carbocycles. The number of nitriles is 1. The van der Waals surface area contributed by atoms with Crippen molar-refractivity contribution < 1.29 is 4.74 Å². The van der Waals surface area contributed by atoms with E-state index in [9.17, 15) is 0 Å². The fourth-order valence-corrected chi connectivity index (χ4v) is 5.51. The number of fused-ring (bicyclic) bond motifs is 2. The lowest BCUT2D eigenvalue weighted by Gasteiger charge is -2.39. The van der Waals surface area contributed by atoms with Gasteiger partial charge in [0.1, 0.15) is 11.6 Å². The van der Waals surface area contributed by atoms with Gasteiger partial charge in [-0.2, -0.15) is 20.3 Å². The summed E-state index contributed by atoms with van der Waals surface area (Å²) in [5.41, 5.74) is 2.05. The van der Waals surface area contributed by atoms with E-state index in [1.54, 1.807) is 0 Å². The molecule has 2 aromatic heterocycles. The summed E-state index contributed by atoms with van der Waals surface area (Å²) in [5, 5.41) is 23.3. The number of anilines is 4. The molecule has 5 rings (SSSR count). The molecule has 3 aliphatic rings. The molecule has 2 aromatic rings. The minimum absolute atomic E-state index is 0.368. The lowest BCUT2D eigenvalue weighted by molar-refractivity contribution is 0.122. The Balaban J connectivity index is 1.38. The molecule has 0 spiro atoms. The predicted molar refractivity (Wildman–Crippen MR) is 127 cm³/mol. The standard InChI is InChI=1S/C23H33N9O/c1-15-12-20(30-29-15)26-23-27-21(16(2)22(28-23)31-8-10-33-11-9-31)25-17-13-18-4-5-19(14-17)32(18)7-3-6-24/h12,17-19H,3-5,7-11,13-14H2,1-2H3,(H3,25,26,27,28,29,30)/t17-,18-,19+. The highest BCUT2D eigenvalue weighted by Crippen LogP contribution is 2.37. The highest BCUT2D eigenvalue weighted by atomic mass is 16.5. The number of rotatable bonds is 7. The lowest BCUT2D eigenvalue weighted by Crippen LogP contribution is -2.47. The van der Waals surface area contributed by atoms with Gasteiger partial charge in [-0.15, -0.1) is 0 Å². The Labute approximate surface area is 194 Å². The first-order valence-electron chi connectivity index (χ1n) is 12.0. The van der Waals surface area contributed by atoms with Crippen LogP contribution in [0.4, 0.5) is 23.4 Å². The van der Waals surface area contributed by atoms with E-state index >= 15 is 0 Å². The van der Waals surface area contributed by atoms with Gasteiger partial charge in [0.2, 0.25) is 5.95 Å². The summed E-state index contributed by atoms with van der Waals surface area (Å²) in [6.07, 6.45) is 5.22. The first kappa shape index (κ1) is 21.9. The SMILES string of the molecule is Cc1cc(Nc2nc(N[C@@H]3C[C@H]4CC[C@@H](C3)N4CCC#N)c(C)c(N3CCOCC3)n2)n[nH]1. The number of aromatic amines is 1. The van der Waals surface area contributed by atoms with E-state index in [2.05, 4.69) is 43.6 Å². The highest BCUT2D eigenvalue weighted by molar-refractivity contribution is 5.64. The molecule has 0 unspecified atom stereocenters.